The fourth-order valence-electron chi connectivity index (χ4n) is 3.64. The minimum absolute atomic E-state index is 0.0755. The van der Waals surface area contributed by atoms with Crippen molar-refractivity contribution in [2.75, 3.05) is 26.3 Å². The predicted molar refractivity (Wildman–Crippen MR) is 134 cm³/mol. The van der Waals surface area contributed by atoms with E-state index in [0.717, 1.165) is 11.0 Å². The van der Waals surface area contributed by atoms with Crippen LogP contribution in [-0.4, -0.2) is 63.6 Å². The molecule has 0 aromatic heterocycles. The predicted octanol–water partition coefficient (Wildman–Crippen LogP) is 2.77. The van der Waals surface area contributed by atoms with E-state index in [4.69, 9.17) is 4.74 Å². The van der Waals surface area contributed by atoms with Gasteiger partial charge in [0.2, 0.25) is 5.91 Å². The van der Waals surface area contributed by atoms with Gasteiger partial charge in [-0.2, -0.15) is 0 Å². The number of nitrogens with zero attached hydrogens (tertiary/aromatic N) is 1. The summed E-state index contributed by atoms with van der Waals surface area (Å²) in [6.07, 6.45) is 1.80. The Morgan fingerprint density at radius 3 is 2.17 bits per heavy atom. The zero-order valence-electron chi connectivity index (χ0n) is 20.1. The second-order valence-corrected chi connectivity index (χ2v) is 10.6. The molecule has 1 heterocycles. The minimum Gasteiger partial charge on any atom is -0.378 e. The molecule has 1 aliphatic rings. The molecule has 0 spiro atoms. The summed E-state index contributed by atoms with van der Waals surface area (Å²) in [5.41, 5.74) is 0.901. The highest BCUT2D eigenvalue weighted by atomic mass is 32.2. The van der Waals surface area contributed by atoms with Crippen molar-refractivity contribution in [2.24, 2.45) is 5.92 Å². The van der Waals surface area contributed by atoms with Crippen LogP contribution >= 0.6 is 0 Å². The molecule has 3 rings (SSSR count). The molecular weight excluding hydrogens is 466 g/mol. The monoisotopic (exact) mass is 499 g/mol. The summed E-state index contributed by atoms with van der Waals surface area (Å²) in [5.74, 6) is -0.454. The van der Waals surface area contributed by atoms with Crippen LogP contribution in [0.15, 0.2) is 77.0 Å². The summed E-state index contributed by atoms with van der Waals surface area (Å²) in [4.78, 5) is 28.0. The van der Waals surface area contributed by atoms with Crippen LogP contribution in [0.25, 0.3) is 0 Å². The zero-order valence-corrected chi connectivity index (χ0v) is 20.9. The lowest BCUT2D eigenvalue weighted by atomic mass is 10.0. The molecule has 9 heteroatoms. The van der Waals surface area contributed by atoms with Crippen LogP contribution in [0.3, 0.4) is 0 Å². The summed E-state index contributed by atoms with van der Waals surface area (Å²) in [6, 6.07) is 15.9. The third-order valence-electron chi connectivity index (χ3n) is 5.76. The van der Waals surface area contributed by atoms with Gasteiger partial charge in [-0.15, -0.1) is 0 Å². The Labute approximate surface area is 207 Å². The molecule has 0 saturated carbocycles. The van der Waals surface area contributed by atoms with Crippen LogP contribution in [0.2, 0.25) is 0 Å². The molecule has 0 aliphatic carbocycles. The average molecular weight is 500 g/mol. The van der Waals surface area contributed by atoms with E-state index < -0.39 is 21.9 Å². The molecule has 3 amide bonds. The molecule has 2 atom stereocenters. The summed E-state index contributed by atoms with van der Waals surface area (Å²) in [5, 5.41) is 6.91. The number of ether oxygens (including phenoxy) is 1. The van der Waals surface area contributed by atoms with E-state index in [0.29, 0.717) is 32.7 Å². The number of carbonyl (C=O) groups excluding carboxylic acids is 2. The van der Waals surface area contributed by atoms with Gasteiger partial charge in [0.05, 0.1) is 24.2 Å². The average Bonchev–Trinajstić information content (AvgIpc) is 2.87. The van der Waals surface area contributed by atoms with Gasteiger partial charge in [-0.05, 0) is 23.6 Å². The molecule has 8 nitrogen and oxygen atoms in total. The standard InChI is InChI=1S/C26H33N3O5S/c1-20(2)23(13-18-35(32,33)22-11-7-4-8-12-22)27-25(30)24(19-21-9-5-3-6-10-21)28-26(31)29-14-16-34-17-15-29/h3-13,18,20,23-24H,14-17,19H2,1-2H3,(H,27,30)(H,28,31)/b18-13+/t23-,24+/m1/s1. The SMILES string of the molecule is CC(C)[C@@H](/C=C/S(=O)(=O)c1ccccc1)NC(=O)[C@H](Cc1ccccc1)NC(=O)N1CCOCC1. The Morgan fingerprint density at radius 2 is 1.57 bits per heavy atom. The number of amides is 3. The maximum Gasteiger partial charge on any atom is 0.318 e. The van der Waals surface area contributed by atoms with Gasteiger partial charge in [0.25, 0.3) is 0 Å². The smallest absolute Gasteiger partial charge is 0.318 e. The number of hydrogen-bond donors (Lipinski definition) is 2. The van der Waals surface area contributed by atoms with Crippen molar-refractivity contribution in [3.8, 4) is 0 Å². The van der Waals surface area contributed by atoms with E-state index in [-0.39, 0.29) is 22.8 Å². The highest BCUT2D eigenvalue weighted by Gasteiger charge is 2.27. The summed E-state index contributed by atoms with van der Waals surface area (Å²) >= 11 is 0. The molecular formula is C26H33N3O5S. The molecule has 35 heavy (non-hydrogen) atoms. The number of hydrogen-bond acceptors (Lipinski definition) is 5. The van der Waals surface area contributed by atoms with Gasteiger partial charge in [0.15, 0.2) is 9.84 Å². The van der Waals surface area contributed by atoms with Crippen LogP contribution in [0.4, 0.5) is 4.79 Å². The highest BCUT2D eigenvalue weighted by Crippen LogP contribution is 2.14. The third-order valence-corrected chi connectivity index (χ3v) is 7.20. The first kappa shape index (κ1) is 26.4. The molecule has 2 N–H and O–H groups in total. The van der Waals surface area contributed by atoms with Crippen molar-refractivity contribution < 1.29 is 22.7 Å². The van der Waals surface area contributed by atoms with Gasteiger partial charge in [0, 0.05) is 24.9 Å². The van der Waals surface area contributed by atoms with Crippen molar-refractivity contribution >= 4 is 21.8 Å². The number of sulfone groups is 1. The largest absolute Gasteiger partial charge is 0.378 e. The van der Waals surface area contributed by atoms with E-state index in [1.165, 1.54) is 18.2 Å². The van der Waals surface area contributed by atoms with E-state index in [1.54, 1.807) is 23.1 Å². The van der Waals surface area contributed by atoms with Crippen LogP contribution in [0.1, 0.15) is 19.4 Å². The first-order valence-electron chi connectivity index (χ1n) is 11.7. The Bertz CT molecular complexity index is 1100. The van der Waals surface area contributed by atoms with Gasteiger partial charge < -0.3 is 20.3 Å². The molecule has 0 bridgehead atoms. The molecule has 188 valence electrons. The lowest BCUT2D eigenvalue weighted by Crippen LogP contribution is -2.55. The van der Waals surface area contributed by atoms with Crippen LogP contribution in [-0.2, 0) is 25.8 Å². The fourth-order valence-corrected chi connectivity index (χ4v) is 4.71. The van der Waals surface area contributed by atoms with Gasteiger partial charge >= 0.3 is 6.03 Å². The van der Waals surface area contributed by atoms with Crippen molar-refractivity contribution in [2.45, 2.75) is 37.2 Å². The van der Waals surface area contributed by atoms with Crippen molar-refractivity contribution in [1.82, 2.24) is 15.5 Å². The molecule has 0 radical (unpaired) electrons. The topological polar surface area (TPSA) is 105 Å². The van der Waals surface area contributed by atoms with Gasteiger partial charge in [0.1, 0.15) is 6.04 Å². The number of carbonyl (C=O) groups is 2. The van der Waals surface area contributed by atoms with Crippen LogP contribution in [0, 0.1) is 5.92 Å². The minimum atomic E-state index is -3.65. The van der Waals surface area contributed by atoms with E-state index >= 15 is 0 Å². The van der Waals surface area contributed by atoms with Gasteiger partial charge in [-0.1, -0.05) is 68.5 Å². The van der Waals surface area contributed by atoms with E-state index in [2.05, 4.69) is 10.6 Å². The summed E-state index contributed by atoms with van der Waals surface area (Å²) in [7, 11) is -3.65. The van der Waals surface area contributed by atoms with Crippen LogP contribution < -0.4 is 10.6 Å². The summed E-state index contributed by atoms with van der Waals surface area (Å²) in [6.45, 7) is 5.62. The fraction of sp³-hybridized carbons (Fsp3) is 0.385. The quantitative estimate of drug-likeness (QED) is 0.552. The number of urea groups is 1. The number of nitrogens with one attached hydrogen (secondary N) is 2. The van der Waals surface area contributed by atoms with Crippen molar-refractivity contribution in [3.63, 3.8) is 0 Å². The van der Waals surface area contributed by atoms with Crippen molar-refractivity contribution in [3.05, 3.63) is 77.7 Å². The Kier molecular flexibility index (Phi) is 9.45. The molecule has 2 aromatic rings. The molecule has 0 unspecified atom stereocenters. The number of rotatable bonds is 9. The van der Waals surface area contributed by atoms with E-state index in [9.17, 15) is 18.0 Å². The molecule has 2 aromatic carbocycles. The highest BCUT2D eigenvalue weighted by molar-refractivity contribution is 7.94. The Balaban J connectivity index is 1.75. The number of morpholine rings is 1. The lowest BCUT2D eigenvalue weighted by Gasteiger charge is -2.30. The van der Waals surface area contributed by atoms with Crippen molar-refractivity contribution in [1.29, 1.82) is 0 Å². The maximum absolute atomic E-state index is 13.3. The van der Waals surface area contributed by atoms with Crippen LogP contribution in [0.5, 0.6) is 0 Å². The Morgan fingerprint density at radius 1 is 0.971 bits per heavy atom. The zero-order chi connectivity index (χ0) is 25.3. The first-order valence-corrected chi connectivity index (χ1v) is 13.3. The van der Waals surface area contributed by atoms with E-state index in [1.807, 2.05) is 44.2 Å². The third kappa shape index (κ3) is 7.93. The van der Waals surface area contributed by atoms with Gasteiger partial charge in [-0.25, -0.2) is 13.2 Å². The normalized spacial score (nSPS) is 16.1. The molecule has 1 aliphatic heterocycles. The molecule has 1 saturated heterocycles. The molecule has 1 fully saturated rings. The van der Waals surface area contributed by atoms with Gasteiger partial charge in [-0.3, -0.25) is 4.79 Å². The summed E-state index contributed by atoms with van der Waals surface area (Å²) < 4.78 is 30.6. The maximum atomic E-state index is 13.3. The lowest BCUT2D eigenvalue weighted by molar-refractivity contribution is -0.123. The Hall–Kier alpha value is -3.17. The first-order chi connectivity index (χ1) is 16.8. The second kappa shape index (κ2) is 12.5. The second-order valence-electron chi connectivity index (χ2n) is 8.76. The number of benzene rings is 2.